The fourth-order valence-corrected chi connectivity index (χ4v) is 2.01. The van der Waals surface area contributed by atoms with E-state index in [1.807, 2.05) is 27.0 Å². The van der Waals surface area contributed by atoms with Crippen LogP contribution in [-0.2, 0) is 13.5 Å². The molecular weight excluding hydrogens is 243 g/mol. The lowest BCUT2D eigenvalue weighted by Gasteiger charge is -2.18. The number of rotatable bonds is 6. The molecule has 1 unspecified atom stereocenters. The maximum Gasteiger partial charge on any atom is 0.389 e. The van der Waals surface area contributed by atoms with Gasteiger partial charge in [0, 0.05) is 31.6 Å². The molecule has 1 aromatic heterocycles. The van der Waals surface area contributed by atoms with E-state index in [0.717, 1.165) is 11.4 Å². The summed E-state index contributed by atoms with van der Waals surface area (Å²) in [7, 11) is 1.81. The van der Waals surface area contributed by atoms with Crippen molar-refractivity contribution < 1.29 is 13.2 Å². The number of aryl methyl sites for hydroxylation is 2. The molecule has 1 N–H and O–H groups in total. The summed E-state index contributed by atoms with van der Waals surface area (Å²) < 4.78 is 38.4. The molecule has 18 heavy (non-hydrogen) atoms. The van der Waals surface area contributed by atoms with Gasteiger partial charge in [-0.3, -0.25) is 4.68 Å². The SMILES string of the molecule is CCNC(CCC(F)(F)F)Cc1cc(C)nn1C. The second-order valence-corrected chi connectivity index (χ2v) is 4.51. The summed E-state index contributed by atoms with van der Waals surface area (Å²) in [5.41, 5.74) is 1.85. The van der Waals surface area contributed by atoms with Gasteiger partial charge in [0.25, 0.3) is 0 Å². The second-order valence-electron chi connectivity index (χ2n) is 4.51. The zero-order valence-electron chi connectivity index (χ0n) is 11.0. The summed E-state index contributed by atoms with van der Waals surface area (Å²) in [5, 5.41) is 7.30. The monoisotopic (exact) mass is 263 g/mol. The minimum atomic E-state index is -4.09. The smallest absolute Gasteiger partial charge is 0.314 e. The molecule has 0 aliphatic heterocycles. The Morgan fingerprint density at radius 2 is 2.11 bits per heavy atom. The molecule has 1 heterocycles. The van der Waals surface area contributed by atoms with Crippen LogP contribution in [-0.4, -0.2) is 28.5 Å². The normalized spacial score (nSPS) is 13.9. The number of nitrogens with one attached hydrogen (secondary N) is 1. The zero-order chi connectivity index (χ0) is 13.8. The lowest BCUT2D eigenvalue weighted by atomic mass is 10.1. The van der Waals surface area contributed by atoms with Gasteiger partial charge in [-0.25, -0.2) is 0 Å². The van der Waals surface area contributed by atoms with Crippen LogP contribution in [0.5, 0.6) is 0 Å². The van der Waals surface area contributed by atoms with Crippen molar-refractivity contribution in [2.45, 2.75) is 45.3 Å². The van der Waals surface area contributed by atoms with Crippen molar-refractivity contribution in [2.75, 3.05) is 6.54 Å². The molecular formula is C12H20F3N3. The first-order valence-corrected chi connectivity index (χ1v) is 6.11. The molecule has 6 heteroatoms. The molecule has 0 saturated carbocycles. The predicted molar refractivity (Wildman–Crippen MR) is 64.4 cm³/mol. The van der Waals surface area contributed by atoms with Crippen LogP contribution in [0.15, 0.2) is 6.07 Å². The number of nitrogens with zero attached hydrogens (tertiary/aromatic N) is 2. The molecule has 0 saturated heterocycles. The van der Waals surface area contributed by atoms with Crippen molar-refractivity contribution in [3.8, 4) is 0 Å². The molecule has 0 spiro atoms. The number of aromatic nitrogens is 2. The second kappa shape index (κ2) is 6.22. The Bertz CT molecular complexity index is 371. The van der Waals surface area contributed by atoms with E-state index in [0.29, 0.717) is 13.0 Å². The van der Waals surface area contributed by atoms with Gasteiger partial charge >= 0.3 is 6.18 Å². The first-order valence-electron chi connectivity index (χ1n) is 6.11. The molecule has 0 aliphatic carbocycles. The van der Waals surface area contributed by atoms with Crippen molar-refractivity contribution >= 4 is 0 Å². The number of alkyl halides is 3. The summed E-state index contributed by atoms with van der Waals surface area (Å²) in [6, 6.07) is 1.75. The Hall–Kier alpha value is -1.04. The first kappa shape index (κ1) is 15.0. The summed E-state index contributed by atoms with van der Waals surface area (Å²) in [6.45, 7) is 4.44. The average Bonchev–Trinajstić information content (AvgIpc) is 2.53. The van der Waals surface area contributed by atoms with Crippen LogP contribution in [0.4, 0.5) is 13.2 Å². The average molecular weight is 263 g/mol. The van der Waals surface area contributed by atoms with E-state index in [1.54, 1.807) is 4.68 Å². The highest BCUT2D eigenvalue weighted by Crippen LogP contribution is 2.23. The molecule has 0 aromatic carbocycles. The Balaban J connectivity index is 2.59. The van der Waals surface area contributed by atoms with Crippen LogP contribution in [0, 0.1) is 6.92 Å². The van der Waals surface area contributed by atoms with E-state index >= 15 is 0 Å². The van der Waals surface area contributed by atoms with Crippen molar-refractivity contribution in [3.05, 3.63) is 17.5 Å². The van der Waals surface area contributed by atoms with Crippen LogP contribution < -0.4 is 5.32 Å². The highest BCUT2D eigenvalue weighted by atomic mass is 19.4. The summed E-state index contributed by atoms with van der Waals surface area (Å²) in [4.78, 5) is 0. The van der Waals surface area contributed by atoms with Gasteiger partial charge in [-0.1, -0.05) is 6.92 Å². The largest absolute Gasteiger partial charge is 0.389 e. The van der Waals surface area contributed by atoms with Gasteiger partial charge in [0.1, 0.15) is 0 Å². The fourth-order valence-electron chi connectivity index (χ4n) is 2.01. The van der Waals surface area contributed by atoms with Gasteiger partial charge in [-0.05, 0) is 26.0 Å². The predicted octanol–water partition coefficient (Wildman–Crippen LogP) is 2.59. The molecule has 3 nitrogen and oxygen atoms in total. The lowest BCUT2D eigenvalue weighted by molar-refractivity contribution is -0.136. The summed E-state index contributed by atoms with van der Waals surface area (Å²) in [5.74, 6) is 0. The molecule has 0 aliphatic rings. The maximum atomic E-state index is 12.2. The molecule has 0 fully saturated rings. The molecule has 104 valence electrons. The van der Waals surface area contributed by atoms with Crippen LogP contribution in [0.25, 0.3) is 0 Å². The van der Waals surface area contributed by atoms with Crippen molar-refractivity contribution in [1.29, 1.82) is 0 Å². The van der Waals surface area contributed by atoms with E-state index in [1.165, 1.54) is 0 Å². The molecule has 1 atom stereocenters. The third-order valence-corrected chi connectivity index (χ3v) is 2.82. The Morgan fingerprint density at radius 1 is 1.44 bits per heavy atom. The van der Waals surface area contributed by atoms with E-state index in [4.69, 9.17) is 0 Å². The lowest BCUT2D eigenvalue weighted by Crippen LogP contribution is -2.33. The van der Waals surface area contributed by atoms with Gasteiger partial charge in [0.2, 0.25) is 0 Å². The Morgan fingerprint density at radius 3 is 2.56 bits per heavy atom. The third kappa shape index (κ3) is 5.08. The summed E-state index contributed by atoms with van der Waals surface area (Å²) >= 11 is 0. The number of hydrogen-bond donors (Lipinski definition) is 1. The molecule has 1 aromatic rings. The molecule has 0 amide bonds. The van der Waals surface area contributed by atoms with E-state index < -0.39 is 12.6 Å². The number of hydrogen-bond acceptors (Lipinski definition) is 2. The Labute approximate surface area is 105 Å². The zero-order valence-corrected chi connectivity index (χ0v) is 11.0. The quantitative estimate of drug-likeness (QED) is 0.855. The van der Waals surface area contributed by atoms with E-state index in [-0.39, 0.29) is 12.5 Å². The number of halogens is 3. The minimum Gasteiger partial charge on any atom is -0.314 e. The topological polar surface area (TPSA) is 29.9 Å². The van der Waals surface area contributed by atoms with Gasteiger partial charge < -0.3 is 5.32 Å². The van der Waals surface area contributed by atoms with Crippen LogP contribution in [0.3, 0.4) is 0 Å². The highest BCUT2D eigenvalue weighted by Gasteiger charge is 2.28. The van der Waals surface area contributed by atoms with Gasteiger partial charge in [0.05, 0.1) is 5.69 Å². The van der Waals surface area contributed by atoms with Crippen LogP contribution in [0.1, 0.15) is 31.2 Å². The molecule has 0 bridgehead atoms. The van der Waals surface area contributed by atoms with E-state index in [2.05, 4.69) is 10.4 Å². The fraction of sp³-hybridized carbons (Fsp3) is 0.750. The van der Waals surface area contributed by atoms with E-state index in [9.17, 15) is 13.2 Å². The van der Waals surface area contributed by atoms with Crippen molar-refractivity contribution in [3.63, 3.8) is 0 Å². The van der Waals surface area contributed by atoms with Gasteiger partial charge in [0.15, 0.2) is 0 Å². The molecule has 0 radical (unpaired) electrons. The van der Waals surface area contributed by atoms with Crippen LogP contribution in [0.2, 0.25) is 0 Å². The van der Waals surface area contributed by atoms with Crippen molar-refractivity contribution in [1.82, 2.24) is 15.1 Å². The molecule has 1 rings (SSSR count). The third-order valence-electron chi connectivity index (χ3n) is 2.82. The minimum absolute atomic E-state index is 0.0988. The highest BCUT2D eigenvalue weighted by molar-refractivity contribution is 5.10. The number of likely N-dealkylation sites (N-methyl/N-ethyl adjacent to an activating group) is 1. The van der Waals surface area contributed by atoms with Crippen molar-refractivity contribution in [2.24, 2.45) is 7.05 Å². The standard InChI is InChI=1S/C12H20F3N3/c1-4-16-10(5-6-12(13,14)15)8-11-7-9(2)17-18(11)3/h7,10,16H,4-6,8H2,1-3H3. The summed E-state index contributed by atoms with van der Waals surface area (Å²) in [6.07, 6.45) is -4.17. The first-order chi connectivity index (χ1) is 8.31. The van der Waals surface area contributed by atoms with Crippen LogP contribution >= 0.6 is 0 Å². The Kier molecular flexibility index (Phi) is 5.19. The maximum absolute atomic E-state index is 12.2. The van der Waals surface area contributed by atoms with Gasteiger partial charge in [-0.2, -0.15) is 18.3 Å². The van der Waals surface area contributed by atoms with Gasteiger partial charge in [-0.15, -0.1) is 0 Å².